The summed E-state index contributed by atoms with van der Waals surface area (Å²) in [4.78, 5) is 0. The van der Waals surface area contributed by atoms with Gasteiger partial charge in [0.15, 0.2) is 0 Å². The van der Waals surface area contributed by atoms with Gasteiger partial charge in [-0.2, -0.15) is 0 Å². The Morgan fingerprint density at radius 2 is 2.16 bits per heavy atom. The maximum Gasteiger partial charge on any atom is 0.126 e. The van der Waals surface area contributed by atoms with Crippen LogP contribution in [-0.2, 0) is 6.42 Å². The van der Waals surface area contributed by atoms with Gasteiger partial charge in [0.2, 0.25) is 0 Å². The van der Waals surface area contributed by atoms with Crippen molar-refractivity contribution in [1.29, 1.82) is 0 Å². The number of nitrogens with one attached hydrogen (secondary N) is 1. The third-order valence-electron chi connectivity index (χ3n) is 4.10. The van der Waals surface area contributed by atoms with Gasteiger partial charge >= 0.3 is 0 Å². The fourth-order valence-corrected chi connectivity index (χ4v) is 3.07. The summed E-state index contributed by atoms with van der Waals surface area (Å²) in [6.45, 7) is 5.49. The molecule has 1 aromatic rings. The molecule has 2 atom stereocenters. The molecule has 1 fully saturated rings. The van der Waals surface area contributed by atoms with Crippen molar-refractivity contribution >= 4 is 15.9 Å². The molecular weight excluding hydrogens is 305 g/mol. The Kier molecular flexibility index (Phi) is 5.40. The standard InChI is InChI=1S/C16H23BrFN/c1-3-8-19-16(11(2)12-4-5-12)10-13-9-14(17)6-7-15(13)18/h6-7,9,11-12,16,19H,3-5,8,10H2,1-2H3. The largest absolute Gasteiger partial charge is 0.313 e. The van der Waals surface area contributed by atoms with Gasteiger partial charge in [-0.05, 0) is 67.8 Å². The van der Waals surface area contributed by atoms with Crippen LogP contribution >= 0.6 is 15.9 Å². The van der Waals surface area contributed by atoms with Gasteiger partial charge in [0.25, 0.3) is 0 Å². The molecule has 0 radical (unpaired) electrons. The molecule has 0 bridgehead atoms. The van der Waals surface area contributed by atoms with Gasteiger partial charge in [-0.15, -0.1) is 0 Å². The van der Waals surface area contributed by atoms with Crippen molar-refractivity contribution in [2.45, 2.75) is 45.6 Å². The SMILES string of the molecule is CCCNC(Cc1cc(Br)ccc1F)C(C)C1CC1. The van der Waals surface area contributed by atoms with Crippen molar-refractivity contribution < 1.29 is 4.39 Å². The summed E-state index contributed by atoms with van der Waals surface area (Å²) < 4.78 is 14.8. The van der Waals surface area contributed by atoms with Gasteiger partial charge in [0.1, 0.15) is 5.82 Å². The van der Waals surface area contributed by atoms with E-state index in [4.69, 9.17) is 0 Å². The lowest BCUT2D eigenvalue weighted by atomic mass is 9.91. The highest BCUT2D eigenvalue weighted by atomic mass is 79.9. The molecule has 0 saturated heterocycles. The van der Waals surface area contributed by atoms with Crippen LogP contribution in [0.4, 0.5) is 4.39 Å². The van der Waals surface area contributed by atoms with Crippen molar-refractivity contribution in [3.8, 4) is 0 Å². The Bertz CT molecular complexity index is 417. The van der Waals surface area contributed by atoms with Gasteiger partial charge < -0.3 is 5.32 Å². The molecular formula is C16H23BrFN. The maximum absolute atomic E-state index is 13.9. The number of halogens is 2. The van der Waals surface area contributed by atoms with Crippen LogP contribution in [0.3, 0.4) is 0 Å². The van der Waals surface area contributed by atoms with Gasteiger partial charge in [-0.1, -0.05) is 29.8 Å². The van der Waals surface area contributed by atoms with Gasteiger partial charge in [-0.25, -0.2) is 4.39 Å². The minimum Gasteiger partial charge on any atom is -0.313 e. The van der Waals surface area contributed by atoms with Crippen LogP contribution in [0, 0.1) is 17.7 Å². The van der Waals surface area contributed by atoms with Crippen molar-refractivity contribution in [1.82, 2.24) is 5.32 Å². The van der Waals surface area contributed by atoms with E-state index in [0.717, 1.165) is 35.3 Å². The smallest absolute Gasteiger partial charge is 0.126 e. The predicted molar refractivity (Wildman–Crippen MR) is 81.8 cm³/mol. The van der Waals surface area contributed by atoms with Crippen LogP contribution in [-0.4, -0.2) is 12.6 Å². The second-order valence-corrected chi connectivity index (χ2v) is 6.61. The topological polar surface area (TPSA) is 12.0 Å². The normalized spacial score (nSPS) is 18.3. The molecule has 1 aromatic carbocycles. The van der Waals surface area contributed by atoms with E-state index >= 15 is 0 Å². The Labute approximate surface area is 124 Å². The number of hydrogen-bond acceptors (Lipinski definition) is 1. The molecule has 0 amide bonds. The van der Waals surface area contributed by atoms with Crippen LogP contribution < -0.4 is 5.32 Å². The monoisotopic (exact) mass is 327 g/mol. The Balaban J connectivity index is 2.07. The number of hydrogen-bond donors (Lipinski definition) is 1. The third-order valence-corrected chi connectivity index (χ3v) is 4.60. The van der Waals surface area contributed by atoms with E-state index in [1.807, 2.05) is 6.07 Å². The van der Waals surface area contributed by atoms with Crippen molar-refractivity contribution in [2.75, 3.05) is 6.54 Å². The Morgan fingerprint density at radius 1 is 1.42 bits per heavy atom. The van der Waals surface area contributed by atoms with Crippen LogP contribution in [0.25, 0.3) is 0 Å². The summed E-state index contributed by atoms with van der Waals surface area (Å²) in [5.74, 6) is 1.38. The van der Waals surface area contributed by atoms with Crippen molar-refractivity contribution in [3.05, 3.63) is 34.1 Å². The second kappa shape index (κ2) is 6.85. The van der Waals surface area contributed by atoms with E-state index in [-0.39, 0.29) is 5.82 Å². The zero-order chi connectivity index (χ0) is 13.8. The highest BCUT2D eigenvalue weighted by Gasteiger charge is 2.33. The first-order chi connectivity index (χ1) is 9.11. The zero-order valence-electron chi connectivity index (χ0n) is 11.8. The first-order valence-corrected chi connectivity index (χ1v) is 8.08. The van der Waals surface area contributed by atoms with E-state index in [1.54, 1.807) is 12.1 Å². The summed E-state index contributed by atoms with van der Waals surface area (Å²) >= 11 is 3.43. The summed E-state index contributed by atoms with van der Waals surface area (Å²) in [6, 6.07) is 5.61. The summed E-state index contributed by atoms with van der Waals surface area (Å²) in [5, 5.41) is 3.60. The summed E-state index contributed by atoms with van der Waals surface area (Å²) in [7, 11) is 0. The number of benzene rings is 1. The maximum atomic E-state index is 13.9. The molecule has 1 saturated carbocycles. The molecule has 1 nitrogen and oxygen atoms in total. The van der Waals surface area contributed by atoms with Crippen LogP contribution in [0.1, 0.15) is 38.7 Å². The van der Waals surface area contributed by atoms with Crippen LogP contribution in [0.2, 0.25) is 0 Å². The van der Waals surface area contributed by atoms with E-state index in [9.17, 15) is 4.39 Å². The van der Waals surface area contributed by atoms with Gasteiger partial charge in [0, 0.05) is 10.5 Å². The predicted octanol–water partition coefficient (Wildman–Crippen LogP) is 4.55. The highest BCUT2D eigenvalue weighted by molar-refractivity contribution is 9.10. The second-order valence-electron chi connectivity index (χ2n) is 5.70. The summed E-state index contributed by atoms with van der Waals surface area (Å²) in [6.07, 6.45) is 4.58. The molecule has 0 aliphatic heterocycles. The zero-order valence-corrected chi connectivity index (χ0v) is 13.3. The molecule has 2 unspecified atom stereocenters. The van der Waals surface area contributed by atoms with E-state index in [2.05, 4.69) is 35.1 Å². The van der Waals surface area contributed by atoms with Crippen LogP contribution in [0.5, 0.6) is 0 Å². The van der Waals surface area contributed by atoms with Crippen LogP contribution in [0.15, 0.2) is 22.7 Å². The highest BCUT2D eigenvalue weighted by Crippen LogP contribution is 2.39. The molecule has 1 N–H and O–H groups in total. The molecule has 2 rings (SSSR count). The minimum atomic E-state index is -0.0884. The molecule has 0 aromatic heterocycles. The molecule has 1 aliphatic carbocycles. The van der Waals surface area contributed by atoms with Gasteiger partial charge in [0.05, 0.1) is 0 Å². The summed E-state index contributed by atoms with van der Waals surface area (Å²) in [5.41, 5.74) is 0.815. The lowest BCUT2D eigenvalue weighted by Crippen LogP contribution is -2.38. The first-order valence-electron chi connectivity index (χ1n) is 7.29. The lowest BCUT2D eigenvalue weighted by molar-refractivity contribution is 0.337. The Hall–Kier alpha value is -0.410. The average molecular weight is 328 g/mol. The van der Waals surface area contributed by atoms with E-state index in [0.29, 0.717) is 12.0 Å². The minimum absolute atomic E-state index is 0.0884. The van der Waals surface area contributed by atoms with Crippen molar-refractivity contribution in [3.63, 3.8) is 0 Å². The molecule has 1 aliphatic rings. The molecule has 0 spiro atoms. The fourth-order valence-electron chi connectivity index (χ4n) is 2.66. The fraction of sp³-hybridized carbons (Fsp3) is 0.625. The van der Waals surface area contributed by atoms with E-state index in [1.165, 1.54) is 12.8 Å². The molecule has 3 heteroatoms. The van der Waals surface area contributed by atoms with Gasteiger partial charge in [-0.3, -0.25) is 0 Å². The third kappa shape index (κ3) is 4.28. The van der Waals surface area contributed by atoms with Crippen molar-refractivity contribution in [2.24, 2.45) is 11.8 Å². The quantitative estimate of drug-likeness (QED) is 0.774. The lowest BCUT2D eigenvalue weighted by Gasteiger charge is -2.25. The first kappa shape index (κ1) is 15.0. The average Bonchev–Trinajstić information content (AvgIpc) is 3.22. The van der Waals surface area contributed by atoms with E-state index < -0.39 is 0 Å². The molecule has 0 heterocycles. The molecule has 106 valence electrons. The Morgan fingerprint density at radius 3 is 2.79 bits per heavy atom. The number of rotatable bonds is 7. The molecule has 19 heavy (non-hydrogen) atoms.